The number of aliphatic hydroxyl groups is 2. The first-order chi connectivity index (χ1) is 24.0. The van der Waals surface area contributed by atoms with Crippen LogP contribution in [0, 0.1) is 22.7 Å². The number of allylic oxidation sites excluding steroid dienone is 1. The van der Waals surface area contributed by atoms with E-state index in [9.17, 15) is 31.8 Å². The van der Waals surface area contributed by atoms with Gasteiger partial charge in [0.25, 0.3) is 0 Å². The molecule has 0 radical (unpaired) electrons. The molecule has 4 aliphatic carbocycles. The molecule has 4 fully saturated rings. The lowest BCUT2D eigenvalue weighted by Gasteiger charge is -2.59. The number of rotatable bonds is 5. The first-order valence-electron chi connectivity index (χ1n) is 18.0. The normalized spacial score (nSPS) is 34.6. The van der Waals surface area contributed by atoms with E-state index < -0.39 is 68.5 Å². The fraction of sp³-hybridized carbons (Fsp3) is 0.600. The Kier molecular flexibility index (Phi) is 8.82. The van der Waals surface area contributed by atoms with Gasteiger partial charge in [-0.25, -0.2) is 8.42 Å². The number of hydrogen-bond acceptors (Lipinski definition) is 6. The number of ether oxygens (including phenoxy) is 2. The highest BCUT2D eigenvalue weighted by Gasteiger charge is 2.79. The summed E-state index contributed by atoms with van der Waals surface area (Å²) in [5, 5.41) is 24.0. The maximum atomic E-state index is 15.4. The molecule has 3 saturated carbocycles. The standard InChI is InChI=1S/C40H47F5O6S/c1-34(2)23-50-37(51-24-34)19-16-32-33-29(15-18-36(32,46)22-37)31-17-20-38(47,39(41,42)40(43,44)45)35(31,3)21-30(33)27-11-7-25(8-12-27)5-6-26-9-13-28(14-10-26)52(4,48)49/h5-14,29-31,46-47H,15-24H2,1-4H3/b6-5+/t29-,30+,31-,35-,36+,38-/m0/s1. The van der Waals surface area contributed by atoms with Crippen LogP contribution in [0.4, 0.5) is 22.0 Å². The fourth-order valence-corrected chi connectivity index (χ4v) is 10.8. The van der Waals surface area contributed by atoms with E-state index in [0.717, 1.165) is 28.5 Å². The zero-order valence-electron chi connectivity index (χ0n) is 29.9. The van der Waals surface area contributed by atoms with Crippen LogP contribution in [0.2, 0.25) is 0 Å². The van der Waals surface area contributed by atoms with Gasteiger partial charge < -0.3 is 19.7 Å². The van der Waals surface area contributed by atoms with Crippen LogP contribution in [0.5, 0.6) is 0 Å². The molecule has 0 aromatic heterocycles. The lowest BCUT2D eigenvalue weighted by molar-refractivity contribution is -0.362. The molecule has 7 rings (SSSR count). The van der Waals surface area contributed by atoms with Crippen LogP contribution in [-0.2, 0) is 19.3 Å². The third kappa shape index (κ3) is 5.99. The number of fused-ring (bicyclic) bond motifs is 4. The Morgan fingerprint density at radius 2 is 1.40 bits per heavy atom. The second-order valence-electron chi connectivity index (χ2n) is 17.0. The number of sulfone groups is 1. The quantitative estimate of drug-likeness (QED) is 0.181. The highest BCUT2D eigenvalue weighted by atomic mass is 32.2. The molecule has 1 aliphatic heterocycles. The minimum Gasteiger partial charge on any atom is -0.385 e. The van der Waals surface area contributed by atoms with Gasteiger partial charge in [-0.2, -0.15) is 22.0 Å². The van der Waals surface area contributed by atoms with Crippen LogP contribution in [0.1, 0.15) is 94.7 Å². The summed E-state index contributed by atoms with van der Waals surface area (Å²) in [4.78, 5) is 0.207. The molecule has 6 nitrogen and oxygen atoms in total. The summed E-state index contributed by atoms with van der Waals surface area (Å²) >= 11 is 0. The average Bonchev–Trinajstić information content (AvgIpc) is 3.35. The smallest absolute Gasteiger partial charge is 0.385 e. The van der Waals surface area contributed by atoms with Crippen molar-refractivity contribution in [3.63, 3.8) is 0 Å². The van der Waals surface area contributed by atoms with Crippen LogP contribution in [-0.4, -0.2) is 67.2 Å². The van der Waals surface area contributed by atoms with Crippen molar-refractivity contribution >= 4 is 22.0 Å². The van der Waals surface area contributed by atoms with E-state index in [1.807, 2.05) is 50.3 Å². The maximum absolute atomic E-state index is 15.4. The van der Waals surface area contributed by atoms with Crippen molar-refractivity contribution in [2.24, 2.45) is 22.7 Å². The van der Waals surface area contributed by atoms with Crippen LogP contribution in [0.25, 0.3) is 12.2 Å². The molecule has 5 aliphatic rings. The van der Waals surface area contributed by atoms with Gasteiger partial charge in [-0.1, -0.05) is 74.9 Å². The van der Waals surface area contributed by atoms with E-state index in [4.69, 9.17) is 9.47 Å². The number of benzene rings is 2. The Labute approximate surface area is 302 Å². The van der Waals surface area contributed by atoms with Crippen molar-refractivity contribution in [1.29, 1.82) is 0 Å². The molecule has 2 aromatic carbocycles. The molecule has 2 N–H and O–H groups in total. The summed E-state index contributed by atoms with van der Waals surface area (Å²) < 4.78 is 109. The molecule has 52 heavy (non-hydrogen) atoms. The van der Waals surface area contributed by atoms with Gasteiger partial charge in [-0.15, -0.1) is 0 Å². The zero-order valence-corrected chi connectivity index (χ0v) is 30.7. The predicted octanol–water partition coefficient (Wildman–Crippen LogP) is 8.48. The number of alkyl halides is 5. The Hall–Kier alpha value is -2.64. The Balaban J connectivity index is 1.27. The van der Waals surface area contributed by atoms with Crippen molar-refractivity contribution < 1.29 is 50.1 Å². The van der Waals surface area contributed by atoms with Gasteiger partial charge in [-0.3, -0.25) is 0 Å². The predicted molar refractivity (Wildman–Crippen MR) is 186 cm³/mol. The zero-order chi connectivity index (χ0) is 37.8. The molecule has 0 bridgehead atoms. The van der Waals surface area contributed by atoms with E-state index in [0.29, 0.717) is 38.0 Å². The average molecular weight is 751 g/mol. The summed E-state index contributed by atoms with van der Waals surface area (Å²) in [7, 11) is -3.34. The van der Waals surface area contributed by atoms with Gasteiger partial charge in [0.05, 0.1) is 23.7 Å². The molecule has 1 spiro atoms. The molecule has 2 aromatic rings. The van der Waals surface area contributed by atoms with E-state index in [1.165, 1.54) is 19.1 Å². The first-order valence-corrected chi connectivity index (χ1v) is 19.9. The molecule has 1 heterocycles. The lowest BCUT2D eigenvalue weighted by atomic mass is 9.49. The highest BCUT2D eigenvalue weighted by Crippen LogP contribution is 2.71. The van der Waals surface area contributed by atoms with Crippen molar-refractivity contribution in [3.8, 4) is 0 Å². The molecule has 0 amide bonds. The number of hydrogen-bond donors (Lipinski definition) is 2. The van der Waals surface area contributed by atoms with Gasteiger partial charge in [0.1, 0.15) is 5.60 Å². The SMILES string of the molecule is CC1(C)COC2(CCC3=C4[C@@H](CC[C@@]3(O)C2)[C@@H]2CC[C@@](O)(C(F)(F)C(F)(F)F)[C@@]2(C)C[C@@H]4c2ccc(/C=C/c3ccc(S(C)(=O)=O)cc3)cc2)OC1. The van der Waals surface area contributed by atoms with Crippen LogP contribution >= 0.6 is 0 Å². The van der Waals surface area contributed by atoms with E-state index in [1.54, 1.807) is 12.1 Å². The Bertz CT molecular complexity index is 1880. The van der Waals surface area contributed by atoms with Crippen LogP contribution in [0.3, 0.4) is 0 Å². The second kappa shape index (κ2) is 12.2. The van der Waals surface area contributed by atoms with E-state index in [-0.39, 0.29) is 36.0 Å². The first kappa shape index (κ1) is 37.7. The molecule has 6 atom stereocenters. The topological polar surface area (TPSA) is 93.1 Å². The maximum Gasteiger partial charge on any atom is 0.456 e. The van der Waals surface area contributed by atoms with Gasteiger partial charge in [0.15, 0.2) is 15.6 Å². The van der Waals surface area contributed by atoms with E-state index in [2.05, 4.69) is 0 Å². The van der Waals surface area contributed by atoms with Crippen LogP contribution in [0.15, 0.2) is 64.6 Å². The molecular formula is C40H47F5O6S. The van der Waals surface area contributed by atoms with Crippen molar-refractivity contribution in [2.45, 2.75) is 112 Å². The monoisotopic (exact) mass is 750 g/mol. The number of halogens is 5. The molecule has 284 valence electrons. The van der Waals surface area contributed by atoms with Crippen molar-refractivity contribution in [1.82, 2.24) is 0 Å². The van der Waals surface area contributed by atoms with E-state index >= 15 is 8.78 Å². The fourth-order valence-electron chi connectivity index (χ4n) is 10.2. The summed E-state index contributed by atoms with van der Waals surface area (Å²) in [6.07, 6.45) is -0.129. The molecule has 0 unspecified atom stereocenters. The Morgan fingerprint density at radius 3 is 1.96 bits per heavy atom. The molecular weight excluding hydrogens is 703 g/mol. The minimum absolute atomic E-state index is 0.0193. The summed E-state index contributed by atoms with van der Waals surface area (Å²) in [6, 6.07) is 13.8. The molecule has 12 heteroatoms. The van der Waals surface area contributed by atoms with Crippen molar-refractivity contribution in [3.05, 3.63) is 76.4 Å². The van der Waals surface area contributed by atoms with Gasteiger partial charge in [-0.05, 0) is 84.8 Å². The highest BCUT2D eigenvalue weighted by molar-refractivity contribution is 7.90. The third-order valence-corrected chi connectivity index (χ3v) is 14.1. The lowest BCUT2D eigenvalue weighted by Crippen LogP contribution is -2.65. The van der Waals surface area contributed by atoms with Crippen LogP contribution < -0.4 is 0 Å². The third-order valence-electron chi connectivity index (χ3n) is 13.0. The van der Waals surface area contributed by atoms with Gasteiger partial charge in [0, 0.05) is 35.8 Å². The molecule has 1 saturated heterocycles. The largest absolute Gasteiger partial charge is 0.456 e. The minimum atomic E-state index is -5.92. The summed E-state index contributed by atoms with van der Waals surface area (Å²) in [5.74, 6) is -7.93. The van der Waals surface area contributed by atoms with Crippen molar-refractivity contribution in [2.75, 3.05) is 19.5 Å². The van der Waals surface area contributed by atoms with Gasteiger partial charge in [0.2, 0.25) is 0 Å². The second-order valence-corrected chi connectivity index (χ2v) is 19.0. The summed E-state index contributed by atoms with van der Waals surface area (Å²) in [5.41, 5.74) is -2.56. The Morgan fingerprint density at radius 1 is 0.827 bits per heavy atom. The summed E-state index contributed by atoms with van der Waals surface area (Å²) in [6.45, 7) is 6.44. The van der Waals surface area contributed by atoms with Gasteiger partial charge >= 0.3 is 12.1 Å².